The van der Waals surface area contributed by atoms with Crippen LogP contribution in [0.4, 0.5) is 10.1 Å². The summed E-state index contributed by atoms with van der Waals surface area (Å²) in [6.07, 6.45) is 1.73. The summed E-state index contributed by atoms with van der Waals surface area (Å²) in [5.41, 5.74) is 1.09. The minimum Gasteiger partial charge on any atom is -0.454 e. The molecule has 0 aromatic heterocycles. The quantitative estimate of drug-likeness (QED) is 0.501. The van der Waals surface area contributed by atoms with Crippen LogP contribution in [-0.2, 0) is 26.2 Å². The number of fused-ring (bicyclic) bond motifs is 1. The lowest BCUT2D eigenvalue weighted by Crippen LogP contribution is -2.48. The first-order chi connectivity index (χ1) is 16.6. The lowest BCUT2D eigenvalue weighted by atomic mass is 10.1. The van der Waals surface area contributed by atoms with Gasteiger partial charge in [-0.2, -0.15) is 0 Å². The van der Waals surface area contributed by atoms with Crippen molar-refractivity contribution in [1.29, 1.82) is 0 Å². The maximum Gasteiger partial charge on any atom is 0.242 e. The molecule has 0 saturated carbocycles. The number of hydrogen-bond acceptors (Lipinski definition) is 6. The van der Waals surface area contributed by atoms with Crippen LogP contribution < -0.4 is 19.1 Å². The van der Waals surface area contributed by atoms with Gasteiger partial charge in [0.05, 0.1) is 11.9 Å². The van der Waals surface area contributed by atoms with E-state index in [4.69, 9.17) is 9.47 Å². The summed E-state index contributed by atoms with van der Waals surface area (Å²) < 4.78 is 50.1. The topological polar surface area (TPSA) is 105 Å². The number of benzene rings is 2. The van der Waals surface area contributed by atoms with Gasteiger partial charge in [-0.05, 0) is 42.7 Å². The number of ether oxygens (including phenoxy) is 2. The highest BCUT2D eigenvalue weighted by molar-refractivity contribution is 7.92. The van der Waals surface area contributed by atoms with Crippen molar-refractivity contribution in [2.45, 2.75) is 38.8 Å². The lowest BCUT2D eigenvalue weighted by Gasteiger charge is -2.30. The molecule has 0 aliphatic carbocycles. The molecule has 11 heteroatoms. The number of halogens is 1. The summed E-state index contributed by atoms with van der Waals surface area (Å²) in [4.78, 5) is 27.1. The largest absolute Gasteiger partial charge is 0.454 e. The number of rotatable bonds is 11. The summed E-state index contributed by atoms with van der Waals surface area (Å²) in [5.74, 6) is -0.0120. The number of sulfonamides is 1. The molecular weight excluding hydrogens is 477 g/mol. The third-order valence-electron chi connectivity index (χ3n) is 5.69. The molecule has 190 valence electrons. The molecule has 2 aromatic rings. The Kier molecular flexibility index (Phi) is 8.55. The average molecular weight is 508 g/mol. The molecule has 0 bridgehead atoms. The highest BCUT2D eigenvalue weighted by Gasteiger charge is 2.28. The van der Waals surface area contributed by atoms with Crippen LogP contribution in [0.25, 0.3) is 0 Å². The van der Waals surface area contributed by atoms with Crippen LogP contribution in [0.15, 0.2) is 42.5 Å². The van der Waals surface area contributed by atoms with Crippen molar-refractivity contribution in [1.82, 2.24) is 10.2 Å². The van der Waals surface area contributed by atoms with E-state index in [9.17, 15) is 22.4 Å². The molecule has 0 radical (unpaired) electrons. The van der Waals surface area contributed by atoms with E-state index in [0.717, 1.165) is 6.26 Å². The summed E-state index contributed by atoms with van der Waals surface area (Å²) >= 11 is 0. The van der Waals surface area contributed by atoms with Crippen LogP contribution in [0, 0.1) is 5.82 Å². The number of likely N-dealkylation sites (N-methyl/N-ethyl adjacent to an activating group) is 1. The van der Waals surface area contributed by atoms with Crippen molar-refractivity contribution < 1.29 is 31.9 Å². The van der Waals surface area contributed by atoms with Gasteiger partial charge in [0.15, 0.2) is 11.5 Å². The standard InChI is InChI=1S/C24H30FN3O6S/c1-4-20(24(30)26-2)27(15-17-7-9-18(25)10-8-17)23(29)6-5-13-28(35(3,31)32)19-11-12-21-22(14-19)34-16-33-21/h7-12,14,20H,4-6,13,15-16H2,1-3H3,(H,26,30)/t20-/m1/s1. The van der Waals surface area contributed by atoms with Crippen LogP contribution in [0.2, 0.25) is 0 Å². The van der Waals surface area contributed by atoms with Crippen LogP contribution in [-0.4, -0.2) is 57.8 Å². The third-order valence-corrected chi connectivity index (χ3v) is 6.89. The zero-order chi connectivity index (χ0) is 25.6. The number of carbonyl (C=O) groups excluding carboxylic acids is 2. The highest BCUT2D eigenvalue weighted by Crippen LogP contribution is 2.36. The maximum atomic E-state index is 13.3. The van der Waals surface area contributed by atoms with E-state index < -0.39 is 21.9 Å². The first-order valence-corrected chi connectivity index (χ1v) is 13.1. The third kappa shape index (κ3) is 6.62. The molecule has 35 heavy (non-hydrogen) atoms. The number of hydrogen-bond donors (Lipinski definition) is 1. The molecular formula is C24H30FN3O6S. The van der Waals surface area contributed by atoms with E-state index in [1.54, 1.807) is 37.3 Å². The Hall–Kier alpha value is -3.34. The predicted molar refractivity (Wildman–Crippen MR) is 129 cm³/mol. The van der Waals surface area contributed by atoms with Gasteiger partial charge < -0.3 is 19.7 Å². The van der Waals surface area contributed by atoms with Crippen molar-refractivity contribution in [3.8, 4) is 11.5 Å². The number of carbonyl (C=O) groups is 2. The second-order valence-electron chi connectivity index (χ2n) is 8.16. The van der Waals surface area contributed by atoms with Gasteiger partial charge in [0.1, 0.15) is 11.9 Å². The van der Waals surface area contributed by atoms with Crippen molar-refractivity contribution in [2.24, 2.45) is 0 Å². The Morgan fingerprint density at radius 1 is 1.11 bits per heavy atom. The molecule has 0 saturated heterocycles. The Balaban J connectivity index is 1.74. The zero-order valence-electron chi connectivity index (χ0n) is 20.0. The van der Waals surface area contributed by atoms with Gasteiger partial charge in [0.2, 0.25) is 28.6 Å². The van der Waals surface area contributed by atoms with E-state index in [1.165, 1.54) is 28.4 Å². The average Bonchev–Trinajstić information content (AvgIpc) is 3.29. The molecule has 1 aliphatic heterocycles. The second kappa shape index (κ2) is 11.4. The van der Waals surface area contributed by atoms with Crippen molar-refractivity contribution in [3.63, 3.8) is 0 Å². The van der Waals surface area contributed by atoms with Gasteiger partial charge in [-0.25, -0.2) is 12.8 Å². The molecule has 0 unspecified atom stereocenters. The van der Waals surface area contributed by atoms with Gasteiger partial charge in [-0.3, -0.25) is 13.9 Å². The van der Waals surface area contributed by atoms with Crippen LogP contribution >= 0.6 is 0 Å². The number of amides is 2. The van der Waals surface area contributed by atoms with Gasteiger partial charge in [0.25, 0.3) is 0 Å². The smallest absolute Gasteiger partial charge is 0.242 e. The maximum absolute atomic E-state index is 13.3. The lowest BCUT2D eigenvalue weighted by molar-refractivity contribution is -0.141. The minimum absolute atomic E-state index is 0.0191. The van der Waals surface area contributed by atoms with Crippen molar-refractivity contribution in [2.75, 3.05) is 30.9 Å². The fraction of sp³-hybridized carbons (Fsp3) is 0.417. The first kappa shape index (κ1) is 26.3. The van der Waals surface area contributed by atoms with Crippen LogP contribution in [0.3, 0.4) is 0 Å². The molecule has 1 aliphatic rings. The fourth-order valence-corrected chi connectivity index (χ4v) is 4.87. The molecule has 1 heterocycles. The summed E-state index contributed by atoms with van der Waals surface area (Å²) in [6, 6.07) is 9.87. The highest BCUT2D eigenvalue weighted by atomic mass is 32.2. The number of anilines is 1. The first-order valence-electron chi connectivity index (χ1n) is 11.3. The minimum atomic E-state index is -3.63. The molecule has 0 spiro atoms. The van der Waals surface area contributed by atoms with Gasteiger partial charge in [-0.15, -0.1) is 0 Å². The SMILES string of the molecule is CC[C@H](C(=O)NC)N(Cc1ccc(F)cc1)C(=O)CCCN(c1ccc2c(c1)OCO2)S(C)(=O)=O. The Morgan fingerprint density at radius 2 is 1.80 bits per heavy atom. The van der Waals surface area contributed by atoms with E-state index in [-0.39, 0.29) is 44.5 Å². The molecule has 0 fully saturated rings. The van der Waals surface area contributed by atoms with Crippen LogP contribution in [0.5, 0.6) is 11.5 Å². The molecule has 9 nitrogen and oxygen atoms in total. The molecule has 2 amide bonds. The van der Waals surface area contributed by atoms with Crippen molar-refractivity contribution >= 4 is 27.5 Å². The summed E-state index contributed by atoms with van der Waals surface area (Å²) in [6.45, 7) is 2.06. The molecule has 1 N–H and O–H groups in total. The fourth-order valence-electron chi connectivity index (χ4n) is 3.92. The van der Waals surface area contributed by atoms with Crippen LogP contribution in [0.1, 0.15) is 31.7 Å². The molecule has 3 rings (SSSR count). The Morgan fingerprint density at radius 3 is 2.43 bits per heavy atom. The van der Waals surface area contributed by atoms with E-state index in [1.807, 2.05) is 0 Å². The normalized spacial score (nSPS) is 13.3. The Labute approximate surface area is 204 Å². The van der Waals surface area contributed by atoms with E-state index in [0.29, 0.717) is 29.2 Å². The predicted octanol–water partition coefficient (Wildman–Crippen LogP) is 2.65. The van der Waals surface area contributed by atoms with Gasteiger partial charge in [-0.1, -0.05) is 19.1 Å². The summed E-state index contributed by atoms with van der Waals surface area (Å²) in [5, 5.41) is 2.58. The van der Waals surface area contributed by atoms with Crippen molar-refractivity contribution in [3.05, 3.63) is 53.8 Å². The monoisotopic (exact) mass is 507 g/mol. The second-order valence-corrected chi connectivity index (χ2v) is 10.1. The number of nitrogens with one attached hydrogen (secondary N) is 1. The van der Waals surface area contributed by atoms with E-state index in [2.05, 4.69) is 5.32 Å². The van der Waals surface area contributed by atoms with E-state index >= 15 is 0 Å². The Bertz CT molecular complexity index is 1160. The van der Waals surface area contributed by atoms with Gasteiger partial charge >= 0.3 is 0 Å². The molecule has 2 aromatic carbocycles. The summed E-state index contributed by atoms with van der Waals surface area (Å²) in [7, 11) is -2.13. The van der Waals surface area contributed by atoms with Gasteiger partial charge in [0, 0.05) is 32.6 Å². The zero-order valence-corrected chi connectivity index (χ0v) is 20.8. The molecule has 1 atom stereocenters. The number of nitrogens with zero attached hydrogens (tertiary/aromatic N) is 2.